The molecule has 0 saturated heterocycles. The minimum Gasteiger partial charge on any atom is -0.357 e. The van der Waals surface area contributed by atoms with Gasteiger partial charge in [-0.3, -0.25) is 14.6 Å². The van der Waals surface area contributed by atoms with Crippen molar-refractivity contribution in [2.24, 2.45) is 16.3 Å². The lowest BCUT2D eigenvalue weighted by Crippen LogP contribution is -2.44. The average molecular weight is 536 g/mol. The molecule has 174 valence electrons. The van der Waals surface area contributed by atoms with Gasteiger partial charge in [-0.1, -0.05) is 32.1 Å². The number of carbonyl (C=O) groups excluding carboxylic acids is 2. The van der Waals surface area contributed by atoms with Crippen molar-refractivity contribution in [3.8, 4) is 0 Å². The molecule has 7 nitrogen and oxygen atoms in total. The fourth-order valence-electron chi connectivity index (χ4n) is 4.65. The summed E-state index contributed by atoms with van der Waals surface area (Å²) in [4.78, 5) is 31.3. The van der Waals surface area contributed by atoms with Crippen molar-refractivity contribution < 1.29 is 9.59 Å². The molecule has 0 radical (unpaired) electrons. The van der Waals surface area contributed by atoms with E-state index in [0.717, 1.165) is 32.2 Å². The Labute approximate surface area is 199 Å². The third-order valence-electron chi connectivity index (χ3n) is 6.24. The maximum atomic E-state index is 12.7. The van der Waals surface area contributed by atoms with Gasteiger partial charge in [0, 0.05) is 40.2 Å². The fraction of sp³-hybridized carbons (Fsp3) is 0.864. The lowest BCUT2D eigenvalue weighted by molar-refractivity contribution is -0.138. The topological polar surface area (TPSA) is 85.8 Å². The van der Waals surface area contributed by atoms with Crippen LogP contribution in [-0.4, -0.2) is 62.9 Å². The van der Waals surface area contributed by atoms with Crippen LogP contribution >= 0.6 is 24.0 Å². The van der Waals surface area contributed by atoms with Crippen LogP contribution in [0.2, 0.25) is 0 Å². The Kier molecular flexibility index (Phi) is 12.7. The number of hydrogen-bond acceptors (Lipinski definition) is 3. The summed E-state index contributed by atoms with van der Waals surface area (Å²) in [6.07, 6.45) is 10.9. The van der Waals surface area contributed by atoms with Gasteiger partial charge in [0.2, 0.25) is 11.8 Å². The molecular formula is C22H42IN5O2. The number of rotatable bonds is 9. The van der Waals surface area contributed by atoms with E-state index in [9.17, 15) is 9.59 Å². The number of nitrogens with zero attached hydrogens (tertiary/aromatic N) is 2. The molecule has 2 fully saturated rings. The number of aliphatic imine (C=N–C) groups is 1. The summed E-state index contributed by atoms with van der Waals surface area (Å²) in [5.74, 6) is 1.62. The van der Waals surface area contributed by atoms with Gasteiger partial charge >= 0.3 is 0 Å². The minimum absolute atomic E-state index is 0. The predicted molar refractivity (Wildman–Crippen MR) is 133 cm³/mol. The van der Waals surface area contributed by atoms with Crippen LogP contribution in [0.4, 0.5) is 0 Å². The van der Waals surface area contributed by atoms with Crippen LogP contribution in [0.3, 0.4) is 0 Å². The summed E-state index contributed by atoms with van der Waals surface area (Å²) in [5.41, 5.74) is -0.361. The van der Waals surface area contributed by atoms with Crippen LogP contribution < -0.4 is 16.0 Å². The maximum Gasteiger partial charge on any atom is 0.230 e. The molecule has 0 atom stereocenters. The normalized spacial score (nSPS) is 19.0. The van der Waals surface area contributed by atoms with Gasteiger partial charge < -0.3 is 20.9 Å². The Bertz CT molecular complexity index is 556. The maximum absolute atomic E-state index is 12.7. The average Bonchev–Trinajstić information content (AvgIpc) is 3.19. The van der Waals surface area contributed by atoms with E-state index < -0.39 is 0 Å². The molecule has 0 spiro atoms. The first-order valence-corrected chi connectivity index (χ1v) is 11.5. The van der Waals surface area contributed by atoms with Gasteiger partial charge in [-0.2, -0.15) is 0 Å². The van der Waals surface area contributed by atoms with Crippen molar-refractivity contribution in [1.82, 2.24) is 20.9 Å². The summed E-state index contributed by atoms with van der Waals surface area (Å²) in [6.45, 7) is 4.50. The van der Waals surface area contributed by atoms with Gasteiger partial charge in [-0.25, -0.2) is 0 Å². The van der Waals surface area contributed by atoms with Crippen molar-refractivity contribution in [3.63, 3.8) is 0 Å². The van der Waals surface area contributed by atoms with E-state index in [1.807, 2.05) is 21.0 Å². The van der Waals surface area contributed by atoms with Gasteiger partial charge in [0.05, 0.1) is 12.0 Å². The number of hydrogen-bond donors (Lipinski definition) is 3. The van der Waals surface area contributed by atoms with Crippen molar-refractivity contribution in [2.75, 3.05) is 40.3 Å². The van der Waals surface area contributed by atoms with Crippen LogP contribution in [0.1, 0.15) is 71.1 Å². The van der Waals surface area contributed by atoms with Crippen LogP contribution in [0.25, 0.3) is 0 Å². The molecule has 3 N–H and O–H groups in total. The van der Waals surface area contributed by atoms with Gasteiger partial charge in [0.15, 0.2) is 5.96 Å². The molecule has 0 aromatic heterocycles. The first-order chi connectivity index (χ1) is 14.0. The van der Waals surface area contributed by atoms with Crippen molar-refractivity contribution >= 4 is 41.8 Å². The summed E-state index contributed by atoms with van der Waals surface area (Å²) >= 11 is 0. The highest BCUT2D eigenvalue weighted by molar-refractivity contribution is 14.0. The van der Waals surface area contributed by atoms with Crippen LogP contribution in [0.5, 0.6) is 0 Å². The second kappa shape index (κ2) is 14.1. The fourth-order valence-corrected chi connectivity index (χ4v) is 4.65. The van der Waals surface area contributed by atoms with Crippen molar-refractivity contribution in [3.05, 3.63) is 0 Å². The summed E-state index contributed by atoms with van der Waals surface area (Å²) in [6, 6.07) is 0. The zero-order valence-electron chi connectivity index (χ0n) is 19.1. The van der Waals surface area contributed by atoms with Gasteiger partial charge in [-0.15, -0.1) is 24.0 Å². The Morgan fingerprint density at radius 3 is 2.20 bits per heavy atom. The molecule has 2 rings (SSSR count). The van der Waals surface area contributed by atoms with E-state index in [-0.39, 0.29) is 41.2 Å². The number of carbonyl (C=O) groups is 2. The molecular weight excluding hydrogens is 493 g/mol. The Morgan fingerprint density at radius 1 is 0.967 bits per heavy atom. The highest BCUT2D eigenvalue weighted by Crippen LogP contribution is 2.39. The summed E-state index contributed by atoms with van der Waals surface area (Å²) in [5, 5.41) is 9.56. The molecule has 2 amide bonds. The van der Waals surface area contributed by atoms with E-state index in [4.69, 9.17) is 4.99 Å². The quantitative estimate of drug-likeness (QED) is 0.184. The van der Waals surface area contributed by atoms with Crippen molar-refractivity contribution in [1.29, 1.82) is 0 Å². The number of guanidine groups is 1. The van der Waals surface area contributed by atoms with E-state index in [1.165, 1.54) is 32.1 Å². The van der Waals surface area contributed by atoms with E-state index >= 15 is 0 Å². The van der Waals surface area contributed by atoms with Crippen molar-refractivity contribution in [2.45, 2.75) is 71.1 Å². The zero-order chi connectivity index (χ0) is 21.1. The molecule has 30 heavy (non-hydrogen) atoms. The van der Waals surface area contributed by atoms with Gasteiger partial charge in [0.25, 0.3) is 0 Å². The largest absolute Gasteiger partial charge is 0.357 e. The Hall–Kier alpha value is -1.06. The number of amides is 2. The molecule has 0 aromatic rings. The SMILES string of the molecule is CCNC(=NCC1(C(=O)N(C)C)CCCC1)NCCNC(=O)CC1CCCCC1.I. The van der Waals surface area contributed by atoms with Crippen LogP contribution in [0.15, 0.2) is 4.99 Å². The third-order valence-corrected chi connectivity index (χ3v) is 6.24. The van der Waals surface area contributed by atoms with E-state index in [1.54, 1.807) is 4.90 Å². The molecule has 0 aliphatic heterocycles. The molecule has 0 bridgehead atoms. The molecule has 2 saturated carbocycles. The smallest absolute Gasteiger partial charge is 0.230 e. The molecule has 0 heterocycles. The van der Waals surface area contributed by atoms with Gasteiger partial charge in [-0.05, 0) is 38.5 Å². The highest BCUT2D eigenvalue weighted by Gasteiger charge is 2.42. The predicted octanol–water partition coefficient (Wildman–Crippen LogP) is 2.89. The Morgan fingerprint density at radius 2 is 1.60 bits per heavy atom. The second-order valence-corrected chi connectivity index (χ2v) is 8.87. The van der Waals surface area contributed by atoms with Gasteiger partial charge in [0.1, 0.15) is 0 Å². The monoisotopic (exact) mass is 535 g/mol. The lowest BCUT2D eigenvalue weighted by Gasteiger charge is -2.29. The molecule has 0 unspecified atom stereocenters. The first-order valence-electron chi connectivity index (χ1n) is 11.5. The van der Waals surface area contributed by atoms with Crippen LogP contribution in [-0.2, 0) is 9.59 Å². The number of nitrogens with one attached hydrogen (secondary N) is 3. The minimum atomic E-state index is -0.361. The Balaban J connectivity index is 0.00000450. The number of halogens is 1. The highest BCUT2D eigenvalue weighted by atomic mass is 127. The standard InChI is InChI=1S/C22H41N5O2.HI/c1-4-23-21(26-17-22(12-8-9-13-22)20(29)27(2)3)25-15-14-24-19(28)16-18-10-6-5-7-11-18;/h18H,4-17H2,1-3H3,(H,24,28)(H2,23,25,26);1H. The first kappa shape index (κ1) is 27.0. The summed E-state index contributed by atoms with van der Waals surface area (Å²) in [7, 11) is 3.65. The van der Waals surface area contributed by atoms with Crippen LogP contribution in [0, 0.1) is 11.3 Å². The molecule has 2 aliphatic rings. The molecule has 8 heteroatoms. The third kappa shape index (κ3) is 8.59. The van der Waals surface area contributed by atoms with E-state index in [2.05, 4.69) is 16.0 Å². The lowest BCUT2D eigenvalue weighted by atomic mass is 9.85. The zero-order valence-corrected chi connectivity index (χ0v) is 21.4. The summed E-state index contributed by atoms with van der Waals surface area (Å²) < 4.78 is 0. The second-order valence-electron chi connectivity index (χ2n) is 8.87. The molecule has 2 aliphatic carbocycles. The molecule has 0 aromatic carbocycles. The van der Waals surface area contributed by atoms with E-state index in [0.29, 0.717) is 37.9 Å².